The average Bonchev–Trinajstić information content (AvgIpc) is 2.91. The van der Waals surface area contributed by atoms with Crippen LogP contribution in [0.15, 0.2) is 40.4 Å². The van der Waals surface area contributed by atoms with E-state index in [4.69, 9.17) is 4.42 Å². The molecule has 4 nitrogen and oxygen atoms in total. The second kappa shape index (κ2) is 5.42. The normalized spacial score (nSPS) is 13.2. The molecule has 0 amide bonds. The molecular formula is C12H17N3OS. The molecular weight excluding hydrogens is 234 g/mol. The number of imidazole rings is 1. The second-order valence-corrected chi connectivity index (χ2v) is 5.38. The first-order valence-electron chi connectivity index (χ1n) is 5.53. The van der Waals surface area contributed by atoms with Crippen molar-refractivity contribution in [3.8, 4) is 0 Å². The SMILES string of the molecule is CC(Sc1nccn1Cc1ccco1)N(C)C. The third-order valence-electron chi connectivity index (χ3n) is 2.59. The van der Waals surface area contributed by atoms with E-state index in [1.807, 2.05) is 24.5 Å². The van der Waals surface area contributed by atoms with Crippen LogP contribution in [0.4, 0.5) is 0 Å². The molecule has 92 valence electrons. The maximum atomic E-state index is 5.35. The van der Waals surface area contributed by atoms with E-state index in [0.717, 1.165) is 17.5 Å². The Morgan fingerprint density at radius 2 is 2.35 bits per heavy atom. The smallest absolute Gasteiger partial charge is 0.169 e. The van der Waals surface area contributed by atoms with Crippen molar-refractivity contribution in [3.63, 3.8) is 0 Å². The van der Waals surface area contributed by atoms with Crippen LogP contribution in [0.5, 0.6) is 0 Å². The molecule has 0 saturated carbocycles. The largest absolute Gasteiger partial charge is 0.467 e. The number of hydrogen-bond acceptors (Lipinski definition) is 4. The Kier molecular flexibility index (Phi) is 3.91. The Morgan fingerprint density at radius 1 is 1.53 bits per heavy atom. The molecule has 0 spiro atoms. The van der Waals surface area contributed by atoms with Crippen LogP contribution in [-0.4, -0.2) is 33.9 Å². The van der Waals surface area contributed by atoms with E-state index >= 15 is 0 Å². The molecule has 0 fully saturated rings. The maximum absolute atomic E-state index is 5.35. The minimum absolute atomic E-state index is 0.396. The molecule has 2 heterocycles. The van der Waals surface area contributed by atoms with Crippen molar-refractivity contribution in [1.29, 1.82) is 0 Å². The Morgan fingerprint density at radius 3 is 3.00 bits per heavy atom. The summed E-state index contributed by atoms with van der Waals surface area (Å²) >= 11 is 1.74. The summed E-state index contributed by atoms with van der Waals surface area (Å²) in [6.07, 6.45) is 5.50. The lowest BCUT2D eigenvalue weighted by Gasteiger charge is -2.18. The number of nitrogens with zero attached hydrogens (tertiary/aromatic N) is 3. The predicted molar refractivity (Wildman–Crippen MR) is 69.0 cm³/mol. The number of thioether (sulfide) groups is 1. The first-order valence-corrected chi connectivity index (χ1v) is 6.41. The fourth-order valence-corrected chi connectivity index (χ4v) is 2.26. The summed E-state index contributed by atoms with van der Waals surface area (Å²) in [5, 5.41) is 1.41. The zero-order chi connectivity index (χ0) is 12.3. The van der Waals surface area contributed by atoms with Crippen LogP contribution < -0.4 is 0 Å². The standard InChI is InChI=1S/C12H17N3OS/c1-10(14(2)3)17-12-13-6-7-15(12)9-11-5-4-8-16-11/h4-8,10H,9H2,1-3H3. The van der Waals surface area contributed by atoms with Crippen LogP contribution >= 0.6 is 11.8 Å². The van der Waals surface area contributed by atoms with E-state index in [-0.39, 0.29) is 0 Å². The van der Waals surface area contributed by atoms with Gasteiger partial charge in [0.15, 0.2) is 5.16 Å². The maximum Gasteiger partial charge on any atom is 0.169 e. The summed E-state index contributed by atoms with van der Waals surface area (Å²) in [6.45, 7) is 2.89. The van der Waals surface area contributed by atoms with E-state index in [1.165, 1.54) is 0 Å². The molecule has 0 aliphatic heterocycles. The zero-order valence-corrected chi connectivity index (χ0v) is 11.1. The quantitative estimate of drug-likeness (QED) is 0.604. The molecule has 5 heteroatoms. The monoisotopic (exact) mass is 251 g/mol. The van der Waals surface area contributed by atoms with Gasteiger partial charge in [-0.2, -0.15) is 0 Å². The van der Waals surface area contributed by atoms with E-state index < -0.39 is 0 Å². The van der Waals surface area contributed by atoms with Crippen LogP contribution in [0.3, 0.4) is 0 Å². The van der Waals surface area contributed by atoms with Gasteiger partial charge in [0.2, 0.25) is 0 Å². The summed E-state index contributed by atoms with van der Waals surface area (Å²) in [7, 11) is 4.13. The summed E-state index contributed by atoms with van der Waals surface area (Å²) in [5.74, 6) is 0.947. The van der Waals surface area contributed by atoms with E-state index in [0.29, 0.717) is 5.37 Å². The van der Waals surface area contributed by atoms with Gasteiger partial charge in [0.05, 0.1) is 18.2 Å². The van der Waals surface area contributed by atoms with Crippen molar-refractivity contribution in [3.05, 3.63) is 36.5 Å². The molecule has 0 aliphatic rings. The fourth-order valence-electron chi connectivity index (χ4n) is 1.36. The molecule has 0 aromatic carbocycles. The van der Waals surface area contributed by atoms with Gasteiger partial charge in [0, 0.05) is 12.4 Å². The van der Waals surface area contributed by atoms with Gasteiger partial charge in [-0.15, -0.1) is 0 Å². The predicted octanol–water partition coefficient (Wildman–Crippen LogP) is 2.52. The third kappa shape index (κ3) is 3.14. The topological polar surface area (TPSA) is 34.2 Å². The van der Waals surface area contributed by atoms with Crippen molar-refractivity contribution >= 4 is 11.8 Å². The van der Waals surface area contributed by atoms with E-state index in [9.17, 15) is 0 Å². The highest BCUT2D eigenvalue weighted by Gasteiger charge is 2.11. The Labute approximate surface area is 106 Å². The lowest BCUT2D eigenvalue weighted by molar-refractivity contribution is 0.401. The van der Waals surface area contributed by atoms with Crippen molar-refractivity contribution in [2.45, 2.75) is 24.0 Å². The first kappa shape index (κ1) is 12.3. The van der Waals surface area contributed by atoms with Crippen LogP contribution in [0.2, 0.25) is 0 Å². The molecule has 17 heavy (non-hydrogen) atoms. The van der Waals surface area contributed by atoms with Gasteiger partial charge in [0.25, 0.3) is 0 Å². The molecule has 1 atom stereocenters. The van der Waals surface area contributed by atoms with Crippen molar-refractivity contribution in [2.75, 3.05) is 14.1 Å². The minimum atomic E-state index is 0.396. The molecule has 0 saturated heterocycles. The number of furan rings is 1. The fraction of sp³-hybridized carbons (Fsp3) is 0.417. The molecule has 2 rings (SSSR count). The molecule has 2 aromatic rings. The van der Waals surface area contributed by atoms with Crippen LogP contribution in [0.25, 0.3) is 0 Å². The first-order chi connectivity index (χ1) is 8.16. The molecule has 0 N–H and O–H groups in total. The Hall–Kier alpha value is -1.20. The Bertz CT molecular complexity index is 450. The second-order valence-electron chi connectivity index (χ2n) is 4.10. The van der Waals surface area contributed by atoms with Crippen LogP contribution in [0.1, 0.15) is 12.7 Å². The summed E-state index contributed by atoms with van der Waals surface area (Å²) in [6, 6.07) is 3.88. The molecule has 0 aliphatic carbocycles. The summed E-state index contributed by atoms with van der Waals surface area (Å²) < 4.78 is 7.45. The highest BCUT2D eigenvalue weighted by Crippen LogP contribution is 2.23. The van der Waals surface area contributed by atoms with Crippen molar-refractivity contribution in [2.24, 2.45) is 0 Å². The van der Waals surface area contributed by atoms with Gasteiger partial charge < -0.3 is 8.98 Å². The van der Waals surface area contributed by atoms with Gasteiger partial charge >= 0.3 is 0 Å². The Balaban J connectivity index is 2.06. The van der Waals surface area contributed by atoms with Crippen LogP contribution in [0, 0.1) is 0 Å². The average molecular weight is 251 g/mol. The highest BCUT2D eigenvalue weighted by molar-refractivity contribution is 7.99. The molecule has 2 aromatic heterocycles. The van der Waals surface area contributed by atoms with E-state index in [1.54, 1.807) is 18.0 Å². The van der Waals surface area contributed by atoms with Gasteiger partial charge in [0.1, 0.15) is 5.76 Å². The number of rotatable bonds is 5. The van der Waals surface area contributed by atoms with E-state index in [2.05, 4.69) is 35.5 Å². The molecule has 0 bridgehead atoms. The third-order valence-corrected chi connectivity index (χ3v) is 3.90. The lowest BCUT2D eigenvalue weighted by Crippen LogP contribution is -2.21. The number of aromatic nitrogens is 2. The summed E-state index contributed by atoms with van der Waals surface area (Å²) in [5.41, 5.74) is 0. The zero-order valence-electron chi connectivity index (χ0n) is 10.3. The molecule has 0 radical (unpaired) electrons. The van der Waals surface area contributed by atoms with Gasteiger partial charge in [-0.25, -0.2) is 4.98 Å². The molecule has 1 unspecified atom stereocenters. The van der Waals surface area contributed by atoms with Gasteiger partial charge in [-0.3, -0.25) is 4.90 Å². The lowest BCUT2D eigenvalue weighted by atomic mass is 10.4. The van der Waals surface area contributed by atoms with Crippen LogP contribution in [-0.2, 0) is 6.54 Å². The van der Waals surface area contributed by atoms with Gasteiger partial charge in [-0.05, 0) is 33.2 Å². The number of hydrogen-bond donors (Lipinski definition) is 0. The van der Waals surface area contributed by atoms with Crippen molar-refractivity contribution in [1.82, 2.24) is 14.5 Å². The minimum Gasteiger partial charge on any atom is -0.467 e. The van der Waals surface area contributed by atoms with Gasteiger partial charge in [-0.1, -0.05) is 11.8 Å². The summed E-state index contributed by atoms with van der Waals surface area (Å²) in [4.78, 5) is 6.54. The van der Waals surface area contributed by atoms with Crippen molar-refractivity contribution < 1.29 is 4.42 Å². The highest BCUT2D eigenvalue weighted by atomic mass is 32.2.